The van der Waals surface area contributed by atoms with Crippen molar-refractivity contribution >= 4 is 6.08 Å². The Hall–Kier alpha value is -1.72. The van der Waals surface area contributed by atoms with Gasteiger partial charge in [-0.15, -0.1) is 0 Å². The van der Waals surface area contributed by atoms with Crippen LogP contribution in [0.15, 0.2) is 24.6 Å². The van der Waals surface area contributed by atoms with Gasteiger partial charge in [0.15, 0.2) is 0 Å². The fourth-order valence-electron chi connectivity index (χ4n) is 4.45. The summed E-state index contributed by atoms with van der Waals surface area (Å²) in [5.74, 6) is 0.798. The van der Waals surface area contributed by atoms with Crippen LogP contribution < -0.4 is 4.74 Å². The summed E-state index contributed by atoms with van der Waals surface area (Å²) in [5, 5.41) is 0. The highest BCUT2D eigenvalue weighted by atomic mass is 16.5. The first-order valence-electron chi connectivity index (χ1n) is 10.5. The Labute approximate surface area is 162 Å². The monoisotopic (exact) mass is 369 g/mol. The van der Waals surface area contributed by atoms with Gasteiger partial charge in [0.1, 0.15) is 12.4 Å². The molecule has 2 heterocycles. The van der Waals surface area contributed by atoms with E-state index >= 15 is 0 Å². The van der Waals surface area contributed by atoms with Gasteiger partial charge in [-0.05, 0) is 57.4 Å². The lowest BCUT2D eigenvalue weighted by Gasteiger charge is -2.38. The zero-order valence-corrected chi connectivity index (χ0v) is 16.2. The van der Waals surface area contributed by atoms with Crippen molar-refractivity contribution in [3.8, 4) is 5.88 Å². The minimum absolute atomic E-state index is 0.271. The number of morpholine rings is 1. The van der Waals surface area contributed by atoms with E-state index in [1.165, 1.54) is 24.0 Å². The minimum Gasteiger partial charge on any atom is -0.474 e. The van der Waals surface area contributed by atoms with E-state index in [1.54, 1.807) is 6.33 Å². The Morgan fingerprint density at radius 2 is 1.78 bits per heavy atom. The maximum absolute atomic E-state index is 6.40. The zero-order chi connectivity index (χ0) is 18.5. The van der Waals surface area contributed by atoms with Gasteiger partial charge in [-0.3, -0.25) is 4.90 Å². The maximum atomic E-state index is 6.40. The van der Waals surface area contributed by atoms with Crippen LogP contribution in [0.1, 0.15) is 56.2 Å². The van der Waals surface area contributed by atoms with Gasteiger partial charge < -0.3 is 9.47 Å². The van der Waals surface area contributed by atoms with E-state index in [2.05, 4.69) is 33.6 Å². The number of allylic oxidation sites excluding steroid dienone is 2. The highest BCUT2D eigenvalue weighted by molar-refractivity contribution is 5.55. The third-order valence-electron chi connectivity index (χ3n) is 6.07. The van der Waals surface area contributed by atoms with Crippen LogP contribution in [0.2, 0.25) is 0 Å². The van der Waals surface area contributed by atoms with Crippen molar-refractivity contribution < 1.29 is 9.47 Å². The second-order valence-electron chi connectivity index (χ2n) is 7.94. The number of fused-ring (bicyclic) bond motifs is 1. The van der Waals surface area contributed by atoms with Gasteiger partial charge in [-0.25, -0.2) is 9.97 Å². The Bertz CT molecular complexity index is 674. The largest absolute Gasteiger partial charge is 0.474 e. The molecule has 0 amide bonds. The molecular weight excluding hydrogens is 338 g/mol. The molecule has 0 radical (unpaired) electrons. The van der Waals surface area contributed by atoms with E-state index in [0.29, 0.717) is 6.04 Å². The molecule has 0 atom stereocenters. The molecule has 0 aromatic carbocycles. The fraction of sp³-hybridized carbons (Fsp3) is 0.636. The molecule has 27 heavy (non-hydrogen) atoms. The molecule has 1 aromatic heterocycles. The van der Waals surface area contributed by atoms with Gasteiger partial charge in [0.25, 0.3) is 0 Å². The summed E-state index contributed by atoms with van der Waals surface area (Å²) < 4.78 is 11.9. The lowest BCUT2D eigenvalue weighted by molar-refractivity contribution is -0.00148. The summed E-state index contributed by atoms with van der Waals surface area (Å²) in [7, 11) is 0. The van der Waals surface area contributed by atoms with Gasteiger partial charge in [-0.2, -0.15) is 0 Å². The summed E-state index contributed by atoms with van der Waals surface area (Å²) in [6.45, 7) is 8.03. The molecule has 0 bridgehead atoms. The average Bonchev–Trinajstić information content (AvgIpc) is 2.81. The average molecular weight is 370 g/mol. The van der Waals surface area contributed by atoms with Crippen LogP contribution in [0.5, 0.6) is 5.88 Å². The Morgan fingerprint density at radius 3 is 2.59 bits per heavy atom. The first-order chi connectivity index (χ1) is 13.3. The maximum Gasteiger partial charge on any atom is 0.220 e. The van der Waals surface area contributed by atoms with Gasteiger partial charge in [0.2, 0.25) is 5.88 Å². The smallest absolute Gasteiger partial charge is 0.220 e. The molecule has 3 aliphatic rings. The van der Waals surface area contributed by atoms with Crippen molar-refractivity contribution in [1.82, 2.24) is 14.9 Å². The molecule has 1 aliphatic heterocycles. The number of rotatable bonds is 3. The summed E-state index contributed by atoms with van der Waals surface area (Å²) in [5.41, 5.74) is 3.33. The van der Waals surface area contributed by atoms with Crippen molar-refractivity contribution in [3.05, 3.63) is 35.8 Å². The molecule has 5 heteroatoms. The SMILES string of the molecule is C=C1/C=C\c2ncnc(O[C@H]3CC[C@H](N4CCOCC4)CC3)c2CCCC1. The molecule has 4 rings (SSSR count). The Balaban J connectivity index is 1.40. The van der Waals surface area contributed by atoms with Crippen LogP contribution in [0, 0.1) is 0 Å². The van der Waals surface area contributed by atoms with Crippen molar-refractivity contribution in [3.63, 3.8) is 0 Å². The molecule has 0 unspecified atom stereocenters. The highest BCUT2D eigenvalue weighted by Crippen LogP contribution is 2.30. The second kappa shape index (κ2) is 8.98. The van der Waals surface area contributed by atoms with Crippen LogP contribution in [-0.4, -0.2) is 53.3 Å². The zero-order valence-electron chi connectivity index (χ0n) is 16.2. The number of hydrogen-bond acceptors (Lipinski definition) is 5. The molecule has 0 N–H and O–H groups in total. The van der Waals surface area contributed by atoms with E-state index in [1.807, 2.05) is 0 Å². The topological polar surface area (TPSA) is 47.5 Å². The van der Waals surface area contributed by atoms with Crippen LogP contribution in [0.3, 0.4) is 0 Å². The van der Waals surface area contributed by atoms with Gasteiger partial charge >= 0.3 is 0 Å². The van der Waals surface area contributed by atoms with Crippen LogP contribution in [0.4, 0.5) is 0 Å². The lowest BCUT2D eigenvalue weighted by Crippen LogP contribution is -2.46. The summed E-state index contributed by atoms with van der Waals surface area (Å²) in [6.07, 6.45) is 15.0. The van der Waals surface area contributed by atoms with E-state index in [9.17, 15) is 0 Å². The predicted molar refractivity (Wildman–Crippen MR) is 107 cm³/mol. The van der Waals surface area contributed by atoms with Gasteiger partial charge in [0, 0.05) is 24.7 Å². The molecular formula is C22H31N3O2. The van der Waals surface area contributed by atoms with Gasteiger partial charge in [0.05, 0.1) is 18.9 Å². The Morgan fingerprint density at radius 1 is 1.00 bits per heavy atom. The number of ether oxygens (including phenoxy) is 2. The minimum atomic E-state index is 0.271. The number of hydrogen-bond donors (Lipinski definition) is 0. The van der Waals surface area contributed by atoms with Crippen molar-refractivity contribution in [2.45, 2.75) is 63.5 Å². The van der Waals surface area contributed by atoms with Crippen LogP contribution in [-0.2, 0) is 11.2 Å². The highest BCUT2D eigenvalue weighted by Gasteiger charge is 2.28. The van der Waals surface area contributed by atoms with Crippen LogP contribution >= 0.6 is 0 Å². The van der Waals surface area contributed by atoms with Crippen molar-refractivity contribution in [2.75, 3.05) is 26.3 Å². The molecule has 0 spiro atoms. The van der Waals surface area contributed by atoms with E-state index in [-0.39, 0.29) is 6.10 Å². The van der Waals surface area contributed by atoms with E-state index in [0.717, 1.165) is 76.4 Å². The Kier molecular flexibility index (Phi) is 6.20. The van der Waals surface area contributed by atoms with Crippen LogP contribution in [0.25, 0.3) is 6.08 Å². The molecule has 5 nitrogen and oxygen atoms in total. The number of nitrogens with zero attached hydrogens (tertiary/aromatic N) is 3. The third-order valence-corrected chi connectivity index (χ3v) is 6.07. The molecule has 2 aliphatic carbocycles. The molecule has 146 valence electrons. The lowest BCUT2D eigenvalue weighted by atomic mass is 9.91. The summed E-state index contributed by atoms with van der Waals surface area (Å²) in [4.78, 5) is 11.6. The standard InChI is InChI=1S/C22H31N3O2/c1-17-4-2-3-5-20-21(11-6-17)23-16-24-22(20)27-19-9-7-18(8-10-19)25-12-14-26-15-13-25/h6,11,16,18-19H,1-5,7-10,12-15H2/b11-6-/t18-,19-. The van der Waals surface area contributed by atoms with Crippen molar-refractivity contribution in [2.24, 2.45) is 0 Å². The quantitative estimate of drug-likeness (QED) is 0.811. The van der Waals surface area contributed by atoms with Crippen molar-refractivity contribution in [1.29, 1.82) is 0 Å². The first-order valence-corrected chi connectivity index (χ1v) is 10.5. The van der Waals surface area contributed by atoms with E-state index < -0.39 is 0 Å². The first kappa shape index (κ1) is 18.6. The molecule has 2 fully saturated rings. The van der Waals surface area contributed by atoms with Gasteiger partial charge in [-0.1, -0.05) is 18.2 Å². The normalized spacial score (nSPS) is 28.5. The fourth-order valence-corrected chi connectivity index (χ4v) is 4.45. The second-order valence-corrected chi connectivity index (χ2v) is 7.94. The number of aromatic nitrogens is 2. The predicted octanol–water partition coefficient (Wildman–Crippen LogP) is 3.79. The third kappa shape index (κ3) is 4.77. The molecule has 1 saturated carbocycles. The summed E-state index contributed by atoms with van der Waals surface area (Å²) in [6, 6.07) is 0.692. The molecule has 1 aromatic rings. The summed E-state index contributed by atoms with van der Waals surface area (Å²) >= 11 is 0. The molecule has 1 saturated heterocycles. The van der Waals surface area contributed by atoms with E-state index in [4.69, 9.17) is 9.47 Å².